The average molecular weight is 1110 g/mol. The Hall–Kier alpha value is -7.44. The maximum atomic E-state index is 14.1. The van der Waals surface area contributed by atoms with E-state index < -0.39 is 23.3 Å². The second-order valence-corrected chi connectivity index (χ2v) is 18.6. The van der Waals surface area contributed by atoms with Gasteiger partial charge in [0.1, 0.15) is 77.8 Å². The Morgan fingerprint density at radius 1 is 0.547 bits per heavy atom. The second kappa shape index (κ2) is 25.7. The van der Waals surface area contributed by atoms with Gasteiger partial charge in [-0.05, 0) is 111 Å². The van der Waals surface area contributed by atoms with Crippen LogP contribution in [0.5, 0.6) is 11.5 Å². The number of allylic oxidation sites excluding steroid dienone is 2. The minimum absolute atomic E-state index is 0.0170. The molecule has 0 aromatic heterocycles. The fourth-order valence-corrected chi connectivity index (χ4v) is 9.19. The molecule has 10 rings (SSSR count). The number of hydrogen-bond donors (Lipinski definition) is 1. The molecule has 2 atom stereocenters. The summed E-state index contributed by atoms with van der Waals surface area (Å²) in [4.78, 5) is 8.79. The van der Waals surface area contributed by atoms with Crippen LogP contribution in [0.2, 0.25) is 10.0 Å². The molecular formula is C62H49BrCl2F4N2O4. The number of rotatable bonds is 14. The summed E-state index contributed by atoms with van der Waals surface area (Å²) >= 11 is 16.2. The largest absolute Gasteiger partial charge is 0.506 e. The van der Waals surface area contributed by atoms with Crippen LogP contribution in [0.15, 0.2) is 205 Å². The molecule has 2 aliphatic heterocycles. The third-order valence-electron chi connectivity index (χ3n) is 12.1. The van der Waals surface area contributed by atoms with Gasteiger partial charge in [0.25, 0.3) is 0 Å². The normalized spacial score (nSPS) is 14.4. The highest BCUT2D eigenvalue weighted by Crippen LogP contribution is 2.38. The molecule has 0 spiro atoms. The fourth-order valence-electron chi connectivity index (χ4n) is 8.28. The van der Waals surface area contributed by atoms with Crippen molar-refractivity contribution in [1.29, 1.82) is 0 Å². The molecule has 2 unspecified atom stereocenters. The number of ether oxygens (including phenoxy) is 3. The van der Waals surface area contributed by atoms with Crippen molar-refractivity contribution in [2.24, 2.45) is 9.98 Å². The number of hydrogen-bond acceptors (Lipinski definition) is 6. The lowest BCUT2D eigenvalue weighted by molar-refractivity contribution is 0.304. The van der Waals surface area contributed by atoms with E-state index >= 15 is 0 Å². The molecule has 2 heterocycles. The van der Waals surface area contributed by atoms with Gasteiger partial charge in [-0.1, -0.05) is 173 Å². The van der Waals surface area contributed by atoms with Crippen molar-refractivity contribution < 1.29 is 36.9 Å². The first-order chi connectivity index (χ1) is 36.4. The van der Waals surface area contributed by atoms with Gasteiger partial charge in [0.15, 0.2) is 0 Å². The van der Waals surface area contributed by atoms with Crippen molar-refractivity contribution in [2.45, 2.75) is 36.9 Å². The van der Waals surface area contributed by atoms with Crippen molar-refractivity contribution in [3.05, 3.63) is 273 Å². The van der Waals surface area contributed by atoms with Crippen LogP contribution in [-0.2, 0) is 34.3 Å². The first-order valence-corrected chi connectivity index (χ1v) is 25.6. The zero-order valence-corrected chi connectivity index (χ0v) is 43.4. The van der Waals surface area contributed by atoms with E-state index in [1.165, 1.54) is 42.0 Å². The smallest absolute Gasteiger partial charge is 0.222 e. The Kier molecular flexibility index (Phi) is 18.4. The van der Waals surface area contributed by atoms with Gasteiger partial charge in [-0.2, -0.15) is 0 Å². The molecule has 13 heteroatoms. The van der Waals surface area contributed by atoms with Crippen molar-refractivity contribution in [1.82, 2.24) is 0 Å². The van der Waals surface area contributed by atoms with Crippen LogP contribution in [0.25, 0.3) is 22.3 Å². The quantitative estimate of drug-likeness (QED) is 0.0669. The predicted molar refractivity (Wildman–Crippen MR) is 296 cm³/mol. The molecule has 0 saturated heterocycles. The summed E-state index contributed by atoms with van der Waals surface area (Å²) in [6.07, 6.45) is 4.63. The van der Waals surface area contributed by atoms with E-state index in [4.69, 9.17) is 37.4 Å². The van der Waals surface area contributed by atoms with Crippen LogP contribution in [0.1, 0.15) is 56.6 Å². The first kappa shape index (κ1) is 53.8. The van der Waals surface area contributed by atoms with Crippen LogP contribution < -0.4 is 4.74 Å². The van der Waals surface area contributed by atoms with Crippen LogP contribution in [0, 0.1) is 23.3 Å². The van der Waals surface area contributed by atoms with Crippen molar-refractivity contribution >= 4 is 50.9 Å². The van der Waals surface area contributed by atoms with Gasteiger partial charge in [0, 0.05) is 10.9 Å². The Labute approximate surface area is 452 Å². The number of halogens is 7. The van der Waals surface area contributed by atoms with Gasteiger partial charge >= 0.3 is 0 Å². The number of alkyl halides is 1. The highest BCUT2D eigenvalue weighted by molar-refractivity contribution is 9.08. The highest BCUT2D eigenvalue weighted by atomic mass is 79.9. The Balaban J connectivity index is 0.000000176. The summed E-state index contributed by atoms with van der Waals surface area (Å²) in [5.41, 5.74) is 8.98. The molecule has 1 N–H and O–H groups in total. The number of aromatic hydroxyl groups is 1. The zero-order chi connectivity index (χ0) is 52.8. The standard InChI is InChI=1S/C31H24ClF2NO2.C24H18ClF2NO2.C7H7Br/c1-2-7-23-16-24(17-25(32)30(23)36-18-20-8-4-3-5-9-20)21-12-14-22(15-13-21)28-19-37-31(35-28)29-26(33)10-6-11-27(29)34;1-2-4-16-11-17(12-18(25)23(16)29)14-7-9-15(10-8-14)21-13-30-24(28-21)22-19(26)5-3-6-20(22)27;8-6-7-4-2-1-3-5-7/h2-6,8-17,28H,1,7,18-19H2;2-3,5-12,21,29H,1,4,13H2;1-5H,6H2. The maximum absolute atomic E-state index is 14.1. The molecule has 0 amide bonds. The lowest BCUT2D eigenvalue weighted by Crippen LogP contribution is -2.07. The molecule has 6 nitrogen and oxygen atoms in total. The van der Waals surface area contributed by atoms with Gasteiger partial charge in [-0.15, -0.1) is 13.2 Å². The molecular weight excluding hydrogens is 1060 g/mol. The monoisotopic (exact) mass is 1110 g/mol. The van der Waals surface area contributed by atoms with E-state index in [0.717, 1.165) is 49.8 Å². The van der Waals surface area contributed by atoms with E-state index in [0.29, 0.717) is 35.8 Å². The molecule has 0 bridgehead atoms. The predicted octanol–water partition coefficient (Wildman–Crippen LogP) is 16.9. The molecule has 0 radical (unpaired) electrons. The number of phenols is 1. The third kappa shape index (κ3) is 13.5. The first-order valence-electron chi connectivity index (χ1n) is 23.8. The molecule has 0 aliphatic carbocycles. The molecule has 380 valence electrons. The summed E-state index contributed by atoms with van der Waals surface area (Å²) in [7, 11) is 0. The SMILES string of the molecule is BrCc1ccccc1.C=CCc1cc(-c2ccc(C3COC(c4c(F)cccc4F)=N3)cc2)cc(Cl)c1O.C=CCc1cc(-c2ccc(C3COC(c4c(F)cccc4F)=N3)cc2)cc(Cl)c1OCc1ccccc1. The Morgan fingerprint density at radius 2 is 0.973 bits per heavy atom. The summed E-state index contributed by atoms with van der Waals surface area (Å²) in [6, 6.07) is 49.8. The van der Waals surface area contributed by atoms with E-state index in [2.05, 4.69) is 57.3 Å². The topological polar surface area (TPSA) is 72.6 Å². The van der Waals surface area contributed by atoms with Gasteiger partial charge in [0.2, 0.25) is 11.8 Å². The van der Waals surface area contributed by atoms with E-state index in [-0.39, 0.29) is 59.0 Å². The van der Waals surface area contributed by atoms with Crippen molar-refractivity contribution in [3.63, 3.8) is 0 Å². The van der Waals surface area contributed by atoms with Crippen molar-refractivity contribution in [2.75, 3.05) is 13.2 Å². The fraction of sp³-hybridized carbons (Fsp3) is 0.129. The van der Waals surface area contributed by atoms with Crippen LogP contribution in [0.4, 0.5) is 17.6 Å². The second-order valence-electron chi connectivity index (χ2n) is 17.3. The third-order valence-corrected chi connectivity index (χ3v) is 13.3. The van der Waals surface area contributed by atoms with Crippen LogP contribution in [0.3, 0.4) is 0 Å². The molecule has 75 heavy (non-hydrogen) atoms. The van der Waals surface area contributed by atoms with Gasteiger partial charge < -0.3 is 19.3 Å². The van der Waals surface area contributed by atoms with E-state index in [1.54, 1.807) is 12.1 Å². The number of nitrogens with zero attached hydrogens (tertiary/aromatic N) is 2. The van der Waals surface area contributed by atoms with Gasteiger partial charge in [-0.25, -0.2) is 27.5 Å². The molecule has 8 aromatic carbocycles. The summed E-state index contributed by atoms with van der Waals surface area (Å²) in [5, 5.41) is 11.8. The Morgan fingerprint density at radius 3 is 1.41 bits per heavy atom. The van der Waals surface area contributed by atoms with Gasteiger partial charge in [0.05, 0.1) is 10.0 Å². The number of aliphatic imine (C=N–C) groups is 2. The number of benzene rings is 8. The lowest BCUT2D eigenvalue weighted by atomic mass is 9.98. The van der Waals surface area contributed by atoms with E-state index in [9.17, 15) is 22.7 Å². The van der Waals surface area contributed by atoms with E-state index in [1.807, 2.05) is 115 Å². The highest BCUT2D eigenvalue weighted by Gasteiger charge is 2.28. The summed E-state index contributed by atoms with van der Waals surface area (Å²) in [5.74, 6) is -2.14. The van der Waals surface area contributed by atoms with Crippen molar-refractivity contribution in [3.8, 4) is 33.8 Å². The minimum atomic E-state index is -0.704. The molecule has 0 saturated carbocycles. The minimum Gasteiger partial charge on any atom is -0.506 e. The van der Waals surface area contributed by atoms with Crippen LogP contribution in [-0.4, -0.2) is 30.1 Å². The van der Waals surface area contributed by atoms with Gasteiger partial charge in [-0.3, -0.25) is 0 Å². The zero-order valence-electron chi connectivity index (χ0n) is 40.3. The number of phenolic OH excluding ortho intramolecular Hbond substituents is 1. The lowest BCUT2D eigenvalue weighted by Gasteiger charge is -2.15. The Bertz CT molecular complexity index is 3300. The molecule has 2 aliphatic rings. The maximum Gasteiger partial charge on any atom is 0.222 e. The molecule has 8 aromatic rings. The summed E-state index contributed by atoms with van der Waals surface area (Å²) in [6.45, 7) is 8.41. The molecule has 0 fully saturated rings. The summed E-state index contributed by atoms with van der Waals surface area (Å²) < 4.78 is 73.3. The average Bonchev–Trinajstić information content (AvgIpc) is 4.12. The van der Waals surface area contributed by atoms with Crippen LogP contribution >= 0.6 is 39.1 Å².